The van der Waals surface area contributed by atoms with E-state index in [0.717, 1.165) is 21.7 Å². The van der Waals surface area contributed by atoms with Crippen molar-refractivity contribution in [1.82, 2.24) is 5.32 Å². The molecule has 150 valence electrons. The molecule has 0 saturated carbocycles. The highest BCUT2D eigenvalue weighted by Crippen LogP contribution is 2.32. The molecular weight excluding hydrogens is 380 g/mol. The first kappa shape index (κ1) is 20.0. The highest BCUT2D eigenvalue weighted by molar-refractivity contribution is 7.92. The second-order valence-corrected chi connectivity index (χ2v) is 8.70. The normalized spacial score (nSPS) is 14.2. The Kier molecular flexibility index (Phi) is 5.79. The number of sulfonamides is 1. The van der Waals surface area contributed by atoms with E-state index in [1.165, 1.54) is 0 Å². The fraction of sp³-hybridized carbons (Fsp3) is 0.350. The summed E-state index contributed by atoms with van der Waals surface area (Å²) in [6, 6.07) is 12.2. The van der Waals surface area contributed by atoms with Gasteiger partial charge < -0.3 is 14.8 Å². The van der Waals surface area contributed by atoms with Gasteiger partial charge in [-0.2, -0.15) is 0 Å². The van der Waals surface area contributed by atoms with Gasteiger partial charge in [-0.15, -0.1) is 0 Å². The molecule has 1 heterocycles. The van der Waals surface area contributed by atoms with Gasteiger partial charge in [0.2, 0.25) is 15.9 Å². The molecule has 1 aliphatic heterocycles. The number of fused-ring (bicyclic) bond motifs is 1. The number of benzene rings is 2. The average molecular weight is 404 g/mol. The summed E-state index contributed by atoms with van der Waals surface area (Å²) in [5.74, 6) is 0.923. The molecular formula is C20H24N2O5S. The summed E-state index contributed by atoms with van der Waals surface area (Å²) in [4.78, 5) is 12.5. The summed E-state index contributed by atoms with van der Waals surface area (Å²) < 4.78 is 36.5. The van der Waals surface area contributed by atoms with Crippen molar-refractivity contribution in [3.8, 4) is 11.5 Å². The van der Waals surface area contributed by atoms with Crippen LogP contribution in [0.1, 0.15) is 24.1 Å². The standard InChI is InChI=1S/C20H24N2O5S/c1-14-4-7-17(8-5-14)22(28(3,24)25)13-20(23)21-15(2)16-6-9-18-19(12-16)27-11-10-26-18/h4-9,12,15H,10-11,13H2,1-3H3,(H,21,23)/t15-/m0/s1. The molecule has 0 bridgehead atoms. The number of anilines is 1. The second kappa shape index (κ2) is 8.10. The number of hydrogen-bond acceptors (Lipinski definition) is 5. The van der Waals surface area contributed by atoms with Gasteiger partial charge in [0.15, 0.2) is 11.5 Å². The van der Waals surface area contributed by atoms with Crippen molar-refractivity contribution in [2.24, 2.45) is 0 Å². The van der Waals surface area contributed by atoms with E-state index in [1.807, 2.05) is 44.2 Å². The third kappa shape index (κ3) is 4.75. The Bertz CT molecular complexity index is 957. The Hall–Kier alpha value is -2.74. The number of carbonyl (C=O) groups excluding carboxylic acids is 1. The largest absolute Gasteiger partial charge is 0.486 e. The average Bonchev–Trinajstić information content (AvgIpc) is 2.65. The van der Waals surface area contributed by atoms with Crippen molar-refractivity contribution in [2.75, 3.05) is 30.3 Å². The Balaban J connectivity index is 1.71. The zero-order valence-electron chi connectivity index (χ0n) is 16.1. The van der Waals surface area contributed by atoms with Crippen LogP contribution in [0.5, 0.6) is 11.5 Å². The predicted octanol–water partition coefficient (Wildman–Crippen LogP) is 2.41. The lowest BCUT2D eigenvalue weighted by molar-refractivity contribution is -0.120. The molecule has 0 aromatic heterocycles. The van der Waals surface area contributed by atoms with E-state index in [1.54, 1.807) is 12.1 Å². The fourth-order valence-corrected chi connectivity index (χ4v) is 3.80. The number of ether oxygens (including phenoxy) is 2. The fourth-order valence-electron chi connectivity index (χ4n) is 2.94. The highest BCUT2D eigenvalue weighted by atomic mass is 32.2. The third-order valence-electron chi connectivity index (χ3n) is 4.45. The van der Waals surface area contributed by atoms with E-state index in [4.69, 9.17) is 9.47 Å². The van der Waals surface area contributed by atoms with E-state index in [-0.39, 0.29) is 12.6 Å². The lowest BCUT2D eigenvalue weighted by Crippen LogP contribution is -2.41. The minimum Gasteiger partial charge on any atom is -0.486 e. The van der Waals surface area contributed by atoms with Crippen LogP contribution in [0.4, 0.5) is 5.69 Å². The molecule has 2 aromatic rings. The smallest absolute Gasteiger partial charge is 0.241 e. The monoisotopic (exact) mass is 404 g/mol. The lowest BCUT2D eigenvalue weighted by Gasteiger charge is -2.24. The molecule has 1 aliphatic rings. The topological polar surface area (TPSA) is 84.9 Å². The van der Waals surface area contributed by atoms with Crippen LogP contribution in [0, 0.1) is 6.92 Å². The molecule has 8 heteroatoms. The molecule has 0 fully saturated rings. The summed E-state index contributed by atoms with van der Waals surface area (Å²) in [6.45, 7) is 4.45. The SMILES string of the molecule is Cc1ccc(N(CC(=O)N[C@@H](C)c2ccc3c(c2)OCCO3)S(C)(=O)=O)cc1. The number of rotatable bonds is 6. The third-order valence-corrected chi connectivity index (χ3v) is 5.59. The maximum atomic E-state index is 12.5. The Morgan fingerprint density at radius 3 is 2.39 bits per heavy atom. The Labute approximate surface area is 165 Å². The number of hydrogen-bond donors (Lipinski definition) is 1. The molecule has 0 radical (unpaired) electrons. The van der Waals surface area contributed by atoms with Crippen LogP contribution < -0.4 is 19.1 Å². The Morgan fingerprint density at radius 2 is 1.75 bits per heavy atom. The zero-order valence-corrected chi connectivity index (χ0v) is 17.0. The van der Waals surface area contributed by atoms with Crippen molar-refractivity contribution < 1.29 is 22.7 Å². The molecule has 2 aromatic carbocycles. The van der Waals surface area contributed by atoms with Crippen LogP contribution in [0.15, 0.2) is 42.5 Å². The minimum atomic E-state index is -3.60. The summed E-state index contributed by atoms with van der Waals surface area (Å²) in [7, 11) is -3.60. The summed E-state index contributed by atoms with van der Waals surface area (Å²) in [5.41, 5.74) is 2.31. The quantitative estimate of drug-likeness (QED) is 0.799. The molecule has 1 atom stereocenters. The summed E-state index contributed by atoms with van der Waals surface area (Å²) in [6.07, 6.45) is 1.09. The van der Waals surface area contributed by atoms with E-state index in [0.29, 0.717) is 30.4 Å². The van der Waals surface area contributed by atoms with Gasteiger partial charge in [-0.1, -0.05) is 23.8 Å². The van der Waals surface area contributed by atoms with Crippen molar-refractivity contribution in [1.29, 1.82) is 0 Å². The van der Waals surface area contributed by atoms with Crippen molar-refractivity contribution >= 4 is 21.6 Å². The number of nitrogens with zero attached hydrogens (tertiary/aromatic N) is 1. The van der Waals surface area contributed by atoms with Gasteiger partial charge in [-0.05, 0) is 43.7 Å². The first-order valence-electron chi connectivity index (χ1n) is 8.97. The van der Waals surface area contributed by atoms with Gasteiger partial charge >= 0.3 is 0 Å². The van der Waals surface area contributed by atoms with Crippen LogP contribution in [-0.4, -0.2) is 40.3 Å². The number of carbonyl (C=O) groups is 1. The van der Waals surface area contributed by atoms with Gasteiger partial charge in [-0.25, -0.2) is 8.42 Å². The second-order valence-electron chi connectivity index (χ2n) is 6.80. The van der Waals surface area contributed by atoms with Gasteiger partial charge in [0, 0.05) is 0 Å². The predicted molar refractivity (Wildman–Crippen MR) is 107 cm³/mol. The lowest BCUT2D eigenvalue weighted by atomic mass is 10.1. The van der Waals surface area contributed by atoms with Crippen LogP contribution >= 0.6 is 0 Å². The van der Waals surface area contributed by atoms with Gasteiger partial charge in [0.1, 0.15) is 19.8 Å². The van der Waals surface area contributed by atoms with E-state index < -0.39 is 15.9 Å². The first-order valence-corrected chi connectivity index (χ1v) is 10.8. The first-order chi connectivity index (χ1) is 13.2. The molecule has 7 nitrogen and oxygen atoms in total. The molecule has 1 N–H and O–H groups in total. The molecule has 0 unspecified atom stereocenters. The van der Waals surface area contributed by atoms with Crippen LogP contribution in [0.25, 0.3) is 0 Å². The van der Waals surface area contributed by atoms with Gasteiger partial charge in [0.25, 0.3) is 0 Å². The van der Waals surface area contributed by atoms with Crippen LogP contribution in [-0.2, 0) is 14.8 Å². The highest BCUT2D eigenvalue weighted by Gasteiger charge is 2.22. The molecule has 0 aliphatic carbocycles. The molecule has 28 heavy (non-hydrogen) atoms. The van der Waals surface area contributed by atoms with E-state index in [2.05, 4.69) is 5.32 Å². The maximum Gasteiger partial charge on any atom is 0.241 e. The molecule has 3 rings (SSSR count). The maximum absolute atomic E-state index is 12.5. The van der Waals surface area contributed by atoms with E-state index >= 15 is 0 Å². The van der Waals surface area contributed by atoms with Gasteiger partial charge in [0.05, 0.1) is 18.0 Å². The van der Waals surface area contributed by atoms with Crippen molar-refractivity contribution in [2.45, 2.75) is 19.9 Å². The van der Waals surface area contributed by atoms with Gasteiger partial charge in [-0.3, -0.25) is 9.10 Å². The van der Waals surface area contributed by atoms with Crippen molar-refractivity contribution in [3.63, 3.8) is 0 Å². The number of amides is 1. The summed E-state index contributed by atoms with van der Waals surface area (Å²) >= 11 is 0. The zero-order chi connectivity index (χ0) is 20.3. The number of nitrogens with one attached hydrogen (secondary N) is 1. The van der Waals surface area contributed by atoms with Crippen LogP contribution in [0.2, 0.25) is 0 Å². The molecule has 1 amide bonds. The number of aryl methyl sites for hydroxylation is 1. The summed E-state index contributed by atoms with van der Waals surface area (Å²) in [5, 5.41) is 2.85. The van der Waals surface area contributed by atoms with Crippen LogP contribution in [0.3, 0.4) is 0 Å². The van der Waals surface area contributed by atoms with E-state index in [9.17, 15) is 13.2 Å². The Morgan fingerprint density at radius 1 is 1.11 bits per heavy atom. The molecule has 0 spiro atoms. The van der Waals surface area contributed by atoms with Crippen molar-refractivity contribution in [3.05, 3.63) is 53.6 Å². The molecule has 0 saturated heterocycles. The minimum absolute atomic E-state index is 0.295.